The second-order valence-electron chi connectivity index (χ2n) is 7.79. The number of guanidine groups is 1. The van der Waals surface area contributed by atoms with Crippen molar-refractivity contribution in [3.8, 4) is 0 Å². The number of nitrogens with zero attached hydrogens (tertiary/aromatic N) is 2. The van der Waals surface area contributed by atoms with Crippen LogP contribution in [0.4, 0.5) is 0 Å². The molecular formula is C20H36N4O. The van der Waals surface area contributed by atoms with Crippen LogP contribution in [-0.2, 0) is 4.74 Å². The Bertz CT molecular complexity index is 466. The van der Waals surface area contributed by atoms with Crippen LogP contribution in [0.3, 0.4) is 0 Å². The first-order valence-corrected chi connectivity index (χ1v) is 10.2. The molecule has 142 valence electrons. The average Bonchev–Trinajstić information content (AvgIpc) is 2.54. The fraction of sp³-hybridized carbons (Fsp3) is 0.850. The summed E-state index contributed by atoms with van der Waals surface area (Å²) in [5.74, 6) is 1.01. The standard InChI is InChI=1S/C20H36N4O/c1-4-12-24-13-8-16(9-14-24)22-19(21-5-2)23-17-15-18(25-6-3)20(17)10-7-11-20/h4,16-18H,1,5-15H2,2-3H3,(H2,21,22,23). The topological polar surface area (TPSA) is 48.9 Å². The van der Waals surface area contributed by atoms with E-state index in [0.29, 0.717) is 23.6 Å². The fourth-order valence-electron chi connectivity index (χ4n) is 4.73. The smallest absolute Gasteiger partial charge is 0.191 e. The molecule has 0 aromatic carbocycles. The van der Waals surface area contributed by atoms with Gasteiger partial charge in [0.15, 0.2) is 5.96 Å². The van der Waals surface area contributed by atoms with Gasteiger partial charge in [0.25, 0.3) is 0 Å². The van der Waals surface area contributed by atoms with Crippen molar-refractivity contribution in [2.45, 2.75) is 70.6 Å². The van der Waals surface area contributed by atoms with Crippen molar-refractivity contribution in [3.05, 3.63) is 12.7 Å². The van der Waals surface area contributed by atoms with E-state index in [0.717, 1.165) is 45.2 Å². The Balaban J connectivity index is 1.51. The molecule has 0 aromatic rings. The maximum Gasteiger partial charge on any atom is 0.191 e. The molecule has 1 saturated heterocycles. The Labute approximate surface area is 153 Å². The van der Waals surface area contributed by atoms with Gasteiger partial charge >= 0.3 is 0 Å². The first-order valence-electron chi connectivity index (χ1n) is 10.2. The third kappa shape index (κ3) is 4.03. The van der Waals surface area contributed by atoms with Gasteiger partial charge in [-0.1, -0.05) is 12.5 Å². The van der Waals surface area contributed by atoms with Crippen molar-refractivity contribution < 1.29 is 4.74 Å². The van der Waals surface area contributed by atoms with Gasteiger partial charge < -0.3 is 15.4 Å². The highest BCUT2D eigenvalue weighted by Gasteiger charge is 2.59. The molecule has 2 atom stereocenters. The summed E-state index contributed by atoms with van der Waals surface area (Å²) in [6.45, 7) is 13.0. The van der Waals surface area contributed by atoms with Crippen LogP contribution in [-0.4, -0.2) is 61.8 Å². The second kappa shape index (κ2) is 8.54. The van der Waals surface area contributed by atoms with Crippen molar-refractivity contribution in [3.63, 3.8) is 0 Å². The van der Waals surface area contributed by atoms with Gasteiger partial charge in [0.1, 0.15) is 0 Å². The van der Waals surface area contributed by atoms with E-state index < -0.39 is 0 Å². The first kappa shape index (κ1) is 18.7. The number of aliphatic imine (C=N–C) groups is 1. The van der Waals surface area contributed by atoms with E-state index in [9.17, 15) is 0 Å². The van der Waals surface area contributed by atoms with Crippen LogP contribution >= 0.6 is 0 Å². The largest absolute Gasteiger partial charge is 0.378 e. The number of hydrogen-bond acceptors (Lipinski definition) is 3. The lowest BCUT2D eigenvalue weighted by atomic mass is 9.51. The maximum atomic E-state index is 5.98. The van der Waals surface area contributed by atoms with Crippen LogP contribution in [0.25, 0.3) is 0 Å². The number of likely N-dealkylation sites (tertiary alicyclic amines) is 1. The molecule has 1 heterocycles. The minimum Gasteiger partial charge on any atom is -0.378 e. The zero-order valence-corrected chi connectivity index (χ0v) is 16.1. The Morgan fingerprint density at radius 3 is 2.60 bits per heavy atom. The summed E-state index contributed by atoms with van der Waals surface area (Å²) in [5.41, 5.74) is 0.375. The maximum absolute atomic E-state index is 5.98. The molecule has 2 aliphatic carbocycles. The number of hydrogen-bond donors (Lipinski definition) is 2. The van der Waals surface area contributed by atoms with Crippen LogP contribution < -0.4 is 10.6 Å². The van der Waals surface area contributed by atoms with Gasteiger partial charge in [-0.2, -0.15) is 0 Å². The highest BCUT2D eigenvalue weighted by atomic mass is 16.5. The zero-order chi connectivity index (χ0) is 17.7. The lowest BCUT2D eigenvalue weighted by Crippen LogP contribution is -2.69. The molecule has 2 N–H and O–H groups in total. The summed E-state index contributed by atoms with van der Waals surface area (Å²) in [6.07, 6.45) is 9.87. The predicted octanol–water partition coefficient (Wildman–Crippen LogP) is 2.54. The molecule has 0 bridgehead atoms. The van der Waals surface area contributed by atoms with Crippen LogP contribution in [0.5, 0.6) is 0 Å². The predicted molar refractivity (Wildman–Crippen MR) is 104 cm³/mol. The van der Waals surface area contributed by atoms with Crippen molar-refractivity contribution in [1.82, 2.24) is 15.5 Å². The number of piperidine rings is 1. The third-order valence-corrected chi connectivity index (χ3v) is 6.38. The van der Waals surface area contributed by atoms with E-state index in [-0.39, 0.29) is 0 Å². The number of nitrogens with one attached hydrogen (secondary N) is 2. The third-order valence-electron chi connectivity index (χ3n) is 6.38. The molecule has 2 unspecified atom stereocenters. The Kier molecular flexibility index (Phi) is 6.39. The summed E-state index contributed by atoms with van der Waals surface area (Å²) in [4.78, 5) is 7.18. The van der Waals surface area contributed by atoms with Gasteiger partial charge in [0.2, 0.25) is 0 Å². The first-order chi connectivity index (χ1) is 12.2. The average molecular weight is 349 g/mol. The lowest BCUT2D eigenvalue weighted by molar-refractivity contribution is -0.168. The summed E-state index contributed by atoms with van der Waals surface area (Å²) in [7, 11) is 0. The van der Waals surface area contributed by atoms with Crippen LogP contribution in [0.1, 0.15) is 52.4 Å². The van der Waals surface area contributed by atoms with Gasteiger partial charge in [0, 0.05) is 50.3 Å². The van der Waals surface area contributed by atoms with E-state index in [2.05, 4.69) is 36.0 Å². The SMILES string of the molecule is C=CCN1CCC(NC(=NCC)NC2CC(OCC)C23CCC3)CC1. The van der Waals surface area contributed by atoms with Gasteiger partial charge in [-0.3, -0.25) is 9.89 Å². The van der Waals surface area contributed by atoms with Crippen molar-refractivity contribution >= 4 is 5.96 Å². The minimum atomic E-state index is 0.375. The summed E-state index contributed by atoms with van der Waals surface area (Å²) < 4.78 is 5.98. The molecule has 3 fully saturated rings. The summed E-state index contributed by atoms with van der Waals surface area (Å²) in [6, 6.07) is 1.05. The fourth-order valence-corrected chi connectivity index (χ4v) is 4.73. The van der Waals surface area contributed by atoms with Crippen LogP contribution in [0.15, 0.2) is 17.6 Å². The Morgan fingerprint density at radius 1 is 1.28 bits per heavy atom. The van der Waals surface area contributed by atoms with E-state index in [1.54, 1.807) is 0 Å². The Hall–Kier alpha value is -1.07. The summed E-state index contributed by atoms with van der Waals surface area (Å²) >= 11 is 0. The molecule has 3 rings (SSSR count). The van der Waals surface area contributed by atoms with Gasteiger partial charge in [-0.05, 0) is 46.0 Å². The number of rotatable bonds is 7. The highest BCUT2D eigenvalue weighted by molar-refractivity contribution is 5.80. The Morgan fingerprint density at radius 2 is 2.04 bits per heavy atom. The molecular weight excluding hydrogens is 312 g/mol. The second-order valence-corrected chi connectivity index (χ2v) is 7.79. The van der Waals surface area contributed by atoms with E-state index in [1.165, 1.54) is 32.1 Å². The zero-order valence-electron chi connectivity index (χ0n) is 16.1. The molecule has 5 nitrogen and oxygen atoms in total. The molecule has 1 spiro atoms. The lowest BCUT2D eigenvalue weighted by Gasteiger charge is -2.61. The molecule has 0 amide bonds. The normalized spacial score (nSPS) is 29.8. The van der Waals surface area contributed by atoms with E-state index in [1.807, 2.05) is 6.08 Å². The molecule has 0 aromatic heterocycles. The molecule has 5 heteroatoms. The quantitative estimate of drug-likeness (QED) is 0.422. The highest BCUT2D eigenvalue weighted by Crippen LogP contribution is 2.57. The van der Waals surface area contributed by atoms with Gasteiger partial charge in [-0.25, -0.2) is 0 Å². The molecule has 1 aliphatic heterocycles. The van der Waals surface area contributed by atoms with E-state index >= 15 is 0 Å². The number of ether oxygens (including phenoxy) is 1. The van der Waals surface area contributed by atoms with Crippen molar-refractivity contribution in [1.29, 1.82) is 0 Å². The molecule has 2 saturated carbocycles. The monoisotopic (exact) mass is 348 g/mol. The summed E-state index contributed by atoms with van der Waals surface area (Å²) in [5, 5.41) is 7.45. The van der Waals surface area contributed by atoms with Gasteiger partial charge in [-0.15, -0.1) is 6.58 Å². The van der Waals surface area contributed by atoms with Crippen LogP contribution in [0.2, 0.25) is 0 Å². The molecule has 0 radical (unpaired) electrons. The van der Waals surface area contributed by atoms with Gasteiger partial charge in [0.05, 0.1) is 6.10 Å². The van der Waals surface area contributed by atoms with E-state index in [4.69, 9.17) is 9.73 Å². The van der Waals surface area contributed by atoms with Crippen molar-refractivity contribution in [2.75, 3.05) is 32.8 Å². The van der Waals surface area contributed by atoms with Crippen molar-refractivity contribution in [2.24, 2.45) is 10.4 Å². The molecule has 3 aliphatic rings. The van der Waals surface area contributed by atoms with Crippen LogP contribution in [0, 0.1) is 5.41 Å². The molecule has 25 heavy (non-hydrogen) atoms. The minimum absolute atomic E-state index is 0.375.